The predicted molar refractivity (Wildman–Crippen MR) is 147 cm³/mol. The topological polar surface area (TPSA) is 90.3 Å². The van der Waals surface area contributed by atoms with Crippen molar-refractivity contribution in [3.8, 4) is 23.1 Å². The molecule has 1 amide bonds. The second-order valence-electron chi connectivity index (χ2n) is 9.82. The van der Waals surface area contributed by atoms with Gasteiger partial charge in [-0.3, -0.25) is 4.79 Å². The lowest BCUT2D eigenvalue weighted by Crippen LogP contribution is -2.48. The summed E-state index contributed by atoms with van der Waals surface area (Å²) in [7, 11) is 5.87. The molecular formula is C28H33N5O2S. The van der Waals surface area contributed by atoms with Gasteiger partial charge in [-0.15, -0.1) is 11.3 Å². The summed E-state index contributed by atoms with van der Waals surface area (Å²) in [5.41, 5.74) is 3.09. The fourth-order valence-corrected chi connectivity index (χ4v) is 5.36. The number of carbonyl (C=O) groups excluding carboxylic acids is 1. The lowest BCUT2D eigenvalue weighted by atomic mass is 9.80. The number of hydrogen-bond acceptors (Lipinski definition) is 7. The van der Waals surface area contributed by atoms with E-state index in [1.54, 1.807) is 7.11 Å². The summed E-state index contributed by atoms with van der Waals surface area (Å²) in [6, 6.07) is 12.2. The number of methoxy groups -OCH3 is 1. The monoisotopic (exact) mass is 503 g/mol. The number of benzene rings is 2. The van der Waals surface area contributed by atoms with E-state index in [0.717, 1.165) is 53.4 Å². The average molecular weight is 504 g/mol. The molecule has 0 saturated heterocycles. The maximum Gasteiger partial charge on any atom is 0.280 e. The second kappa shape index (κ2) is 10.7. The van der Waals surface area contributed by atoms with Gasteiger partial charge < -0.3 is 20.3 Å². The van der Waals surface area contributed by atoms with Crippen LogP contribution >= 0.6 is 11.3 Å². The molecule has 36 heavy (non-hydrogen) atoms. The molecule has 0 atom stereocenters. The molecular weight excluding hydrogens is 470 g/mol. The molecule has 0 spiro atoms. The van der Waals surface area contributed by atoms with Gasteiger partial charge in [0, 0.05) is 40.0 Å². The van der Waals surface area contributed by atoms with Gasteiger partial charge in [-0.2, -0.15) is 5.26 Å². The SMILES string of the molecule is C=C(C#N)CNc1c(OC)ccc2ccc(-c3csc(C(=O)NC4CCC(C)(N(C)C)CC4)n3)cc12. The summed E-state index contributed by atoms with van der Waals surface area (Å²) < 4.78 is 5.55. The van der Waals surface area contributed by atoms with Crippen molar-refractivity contribution >= 4 is 33.7 Å². The molecule has 0 aliphatic heterocycles. The normalized spacial score (nSPS) is 19.6. The van der Waals surface area contributed by atoms with Crippen LogP contribution in [0.5, 0.6) is 5.75 Å². The molecule has 0 unspecified atom stereocenters. The molecule has 2 N–H and O–H groups in total. The summed E-state index contributed by atoms with van der Waals surface area (Å²) in [6.07, 6.45) is 4.07. The molecule has 1 aliphatic rings. The van der Waals surface area contributed by atoms with Crippen LogP contribution in [0.4, 0.5) is 5.69 Å². The van der Waals surface area contributed by atoms with Crippen LogP contribution in [0.15, 0.2) is 47.9 Å². The summed E-state index contributed by atoms with van der Waals surface area (Å²) in [4.78, 5) is 19.9. The Bertz CT molecular complexity index is 1320. The number of rotatable bonds is 8. The zero-order valence-electron chi connectivity index (χ0n) is 21.4. The van der Waals surface area contributed by atoms with E-state index in [-0.39, 0.29) is 17.5 Å². The number of anilines is 1. The van der Waals surface area contributed by atoms with Gasteiger partial charge in [-0.1, -0.05) is 24.8 Å². The summed E-state index contributed by atoms with van der Waals surface area (Å²) in [5.74, 6) is 0.575. The van der Waals surface area contributed by atoms with Crippen LogP contribution in [-0.2, 0) is 0 Å². The van der Waals surface area contributed by atoms with E-state index >= 15 is 0 Å². The van der Waals surface area contributed by atoms with Crippen LogP contribution in [-0.4, -0.2) is 55.1 Å². The Hall–Kier alpha value is -3.41. The number of aromatic nitrogens is 1. The smallest absolute Gasteiger partial charge is 0.280 e. The first kappa shape index (κ1) is 25.7. The highest BCUT2D eigenvalue weighted by atomic mass is 32.1. The molecule has 1 aromatic heterocycles. The molecule has 3 aromatic rings. The molecule has 1 aliphatic carbocycles. The number of nitrogens with zero attached hydrogens (tertiary/aromatic N) is 3. The fourth-order valence-electron chi connectivity index (χ4n) is 4.64. The third kappa shape index (κ3) is 5.38. The Balaban J connectivity index is 1.52. The van der Waals surface area contributed by atoms with Crippen molar-refractivity contribution in [1.29, 1.82) is 5.26 Å². The number of thiazole rings is 1. The fraction of sp³-hybridized carbons (Fsp3) is 0.393. The van der Waals surface area contributed by atoms with E-state index in [9.17, 15) is 4.79 Å². The Morgan fingerprint density at radius 3 is 2.69 bits per heavy atom. The van der Waals surface area contributed by atoms with Crippen molar-refractivity contribution in [3.63, 3.8) is 0 Å². The van der Waals surface area contributed by atoms with Crippen molar-refractivity contribution in [2.45, 2.75) is 44.2 Å². The molecule has 1 fully saturated rings. The van der Waals surface area contributed by atoms with E-state index in [1.807, 2.05) is 35.7 Å². The van der Waals surface area contributed by atoms with E-state index < -0.39 is 0 Å². The quantitative estimate of drug-likeness (QED) is 0.397. The Labute approximate surface area is 216 Å². The standard InChI is InChI=1S/C28H33N5O2S/c1-18(15-29)16-30-25-22-14-20(7-6-19(22)8-9-24(25)35-5)23-17-36-27(32-23)26(34)31-21-10-12-28(2,13-11-21)33(3)4/h6-9,14,17,21,30H,1,10-13,16H2,2-5H3,(H,31,34). The number of nitrogens with one attached hydrogen (secondary N) is 2. The van der Waals surface area contributed by atoms with Crippen LogP contribution in [0.25, 0.3) is 22.0 Å². The van der Waals surface area contributed by atoms with Crippen molar-refractivity contribution in [2.24, 2.45) is 0 Å². The van der Waals surface area contributed by atoms with Crippen LogP contribution < -0.4 is 15.4 Å². The molecule has 7 nitrogen and oxygen atoms in total. The summed E-state index contributed by atoms with van der Waals surface area (Å²) in [5, 5.41) is 19.9. The predicted octanol–water partition coefficient (Wildman–Crippen LogP) is 5.46. The molecule has 1 saturated carbocycles. The summed E-state index contributed by atoms with van der Waals surface area (Å²) >= 11 is 1.36. The number of fused-ring (bicyclic) bond motifs is 1. The first-order chi connectivity index (χ1) is 17.2. The maximum atomic E-state index is 12.9. The lowest BCUT2D eigenvalue weighted by molar-refractivity contribution is 0.0841. The zero-order valence-corrected chi connectivity index (χ0v) is 22.2. The van der Waals surface area contributed by atoms with Crippen LogP contribution in [0.2, 0.25) is 0 Å². The number of hydrogen-bond donors (Lipinski definition) is 2. The summed E-state index contributed by atoms with van der Waals surface area (Å²) in [6.45, 7) is 6.37. The van der Waals surface area contributed by atoms with E-state index in [0.29, 0.717) is 22.9 Å². The largest absolute Gasteiger partial charge is 0.495 e. The van der Waals surface area contributed by atoms with Gasteiger partial charge in [0.15, 0.2) is 5.01 Å². The van der Waals surface area contributed by atoms with Crippen molar-refractivity contribution in [2.75, 3.05) is 33.1 Å². The average Bonchev–Trinajstić information content (AvgIpc) is 3.38. The first-order valence-electron chi connectivity index (χ1n) is 12.1. The Morgan fingerprint density at radius 1 is 1.31 bits per heavy atom. The number of amides is 1. The number of nitriles is 1. The highest BCUT2D eigenvalue weighted by Gasteiger charge is 2.33. The first-order valence-corrected chi connectivity index (χ1v) is 13.0. The maximum absolute atomic E-state index is 12.9. The van der Waals surface area contributed by atoms with Crippen LogP contribution in [0, 0.1) is 11.3 Å². The highest BCUT2D eigenvalue weighted by Crippen LogP contribution is 2.36. The molecule has 0 bridgehead atoms. The van der Waals surface area contributed by atoms with Gasteiger partial charge in [-0.05, 0) is 64.2 Å². The van der Waals surface area contributed by atoms with Gasteiger partial charge in [0.25, 0.3) is 5.91 Å². The van der Waals surface area contributed by atoms with Gasteiger partial charge in [0.1, 0.15) is 5.75 Å². The zero-order chi connectivity index (χ0) is 25.9. The molecule has 1 heterocycles. The second-order valence-corrected chi connectivity index (χ2v) is 10.7. The molecule has 188 valence electrons. The molecule has 0 radical (unpaired) electrons. The van der Waals surface area contributed by atoms with E-state index in [2.05, 4.69) is 54.2 Å². The molecule has 4 rings (SSSR count). The van der Waals surface area contributed by atoms with Gasteiger partial charge in [-0.25, -0.2) is 4.98 Å². The van der Waals surface area contributed by atoms with Gasteiger partial charge >= 0.3 is 0 Å². The van der Waals surface area contributed by atoms with Crippen molar-refractivity contribution in [3.05, 3.63) is 52.9 Å². The Kier molecular flexibility index (Phi) is 7.62. The van der Waals surface area contributed by atoms with E-state index in [4.69, 9.17) is 10.00 Å². The van der Waals surface area contributed by atoms with Crippen LogP contribution in [0.3, 0.4) is 0 Å². The van der Waals surface area contributed by atoms with Crippen molar-refractivity contribution in [1.82, 2.24) is 15.2 Å². The molecule has 2 aromatic carbocycles. The van der Waals surface area contributed by atoms with E-state index in [1.165, 1.54) is 11.3 Å². The van der Waals surface area contributed by atoms with Gasteiger partial charge in [0.05, 0.1) is 24.6 Å². The number of ether oxygens (including phenoxy) is 1. The molecule has 8 heteroatoms. The number of carbonyl (C=O) groups is 1. The third-order valence-corrected chi connectivity index (χ3v) is 8.15. The minimum absolute atomic E-state index is 0.107. The Morgan fingerprint density at radius 2 is 2.03 bits per heavy atom. The third-order valence-electron chi connectivity index (χ3n) is 7.31. The van der Waals surface area contributed by atoms with Crippen molar-refractivity contribution < 1.29 is 9.53 Å². The van der Waals surface area contributed by atoms with Crippen LogP contribution in [0.1, 0.15) is 42.4 Å². The highest BCUT2D eigenvalue weighted by molar-refractivity contribution is 7.12. The lowest BCUT2D eigenvalue weighted by Gasteiger charge is -2.42. The van der Waals surface area contributed by atoms with Gasteiger partial charge in [0.2, 0.25) is 0 Å². The minimum atomic E-state index is -0.107. The minimum Gasteiger partial charge on any atom is -0.495 e.